The molecule has 0 aromatic heterocycles. The third kappa shape index (κ3) is 1.52. The Morgan fingerprint density at radius 2 is 1.82 bits per heavy atom. The highest BCUT2D eigenvalue weighted by molar-refractivity contribution is 6.29. The summed E-state index contributed by atoms with van der Waals surface area (Å²) in [6, 6.07) is 12.5. The van der Waals surface area contributed by atoms with Crippen molar-refractivity contribution < 1.29 is 9.59 Å². The molecule has 0 bridgehead atoms. The second kappa shape index (κ2) is 4.43. The monoisotopic (exact) mass is 289 g/mol. The first-order valence-electron chi connectivity index (χ1n) is 7.00. The van der Waals surface area contributed by atoms with Crippen LogP contribution in [0.3, 0.4) is 0 Å². The van der Waals surface area contributed by atoms with Crippen molar-refractivity contribution in [3.8, 4) is 6.07 Å². The van der Waals surface area contributed by atoms with E-state index in [1.807, 2.05) is 24.3 Å². The quantitative estimate of drug-likeness (QED) is 0.758. The number of anilines is 1. The van der Waals surface area contributed by atoms with E-state index in [4.69, 9.17) is 0 Å². The summed E-state index contributed by atoms with van der Waals surface area (Å²) in [5.41, 5.74) is 1.51. The van der Waals surface area contributed by atoms with Crippen molar-refractivity contribution in [3.63, 3.8) is 0 Å². The average Bonchev–Trinajstić information content (AvgIpc) is 3.11. The summed E-state index contributed by atoms with van der Waals surface area (Å²) in [6.45, 7) is 0.546. The van der Waals surface area contributed by atoms with E-state index in [0.29, 0.717) is 23.5 Å². The van der Waals surface area contributed by atoms with Crippen LogP contribution in [0.5, 0.6) is 0 Å². The standard InChI is InChI=1S/C17H11N3O2/c18-10-11-7-8-14(13-5-2-1-4-12(11)13)20-16(21)15-6-3-9-19(15)17(20)22/h1-2,4-8H,3,9H2. The van der Waals surface area contributed by atoms with Crippen LogP contribution in [-0.4, -0.2) is 23.4 Å². The van der Waals surface area contributed by atoms with Crippen molar-refractivity contribution in [2.24, 2.45) is 0 Å². The molecule has 2 aliphatic rings. The number of carbonyl (C=O) groups excluding carboxylic acids is 2. The van der Waals surface area contributed by atoms with Gasteiger partial charge in [-0.15, -0.1) is 0 Å². The third-order valence-electron chi connectivity index (χ3n) is 4.09. The molecule has 0 spiro atoms. The minimum atomic E-state index is -0.316. The van der Waals surface area contributed by atoms with Gasteiger partial charge in [-0.05, 0) is 18.6 Å². The number of fused-ring (bicyclic) bond motifs is 2. The Kier molecular flexibility index (Phi) is 2.54. The molecule has 0 N–H and O–H groups in total. The Labute approximate surface area is 126 Å². The van der Waals surface area contributed by atoms with Gasteiger partial charge in [-0.1, -0.05) is 30.3 Å². The van der Waals surface area contributed by atoms with Crippen LogP contribution in [0, 0.1) is 11.3 Å². The first-order valence-corrected chi connectivity index (χ1v) is 7.00. The van der Waals surface area contributed by atoms with Gasteiger partial charge in [0.05, 0.1) is 17.3 Å². The van der Waals surface area contributed by atoms with Gasteiger partial charge in [-0.3, -0.25) is 9.69 Å². The molecule has 0 atom stereocenters. The summed E-state index contributed by atoms with van der Waals surface area (Å²) < 4.78 is 0. The number of nitriles is 1. The molecule has 4 rings (SSSR count). The molecule has 0 saturated carbocycles. The topological polar surface area (TPSA) is 64.4 Å². The van der Waals surface area contributed by atoms with Gasteiger partial charge in [0.2, 0.25) is 0 Å². The fourth-order valence-corrected chi connectivity index (χ4v) is 3.07. The highest BCUT2D eigenvalue weighted by atomic mass is 16.2. The molecule has 5 heteroatoms. The van der Waals surface area contributed by atoms with Gasteiger partial charge in [-0.25, -0.2) is 9.69 Å². The molecule has 2 aromatic carbocycles. The largest absolute Gasteiger partial charge is 0.336 e. The van der Waals surface area contributed by atoms with Crippen LogP contribution in [0.4, 0.5) is 10.5 Å². The molecule has 0 unspecified atom stereocenters. The highest BCUT2D eigenvalue weighted by Crippen LogP contribution is 2.35. The second-order valence-electron chi connectivity index (χ2n) is 5.24. The lowest BCUT2D eigenvalue weighted by molar-refractivity contribution is -0.114. The number of hydrogen-bond donors (Lipinski definition) is 0. The summed E-state index contributed by atoms with van der Waals surface area (Å²) >= 11 is 0. The highest BCUT2D eigenvalue weighted by Gasteiger charge is 2.43. The van der Waals surface area contributed by atoms with E-state index in [2.05, 4.69) is 6.07 Å². The summed E-state index contributed by atoms with van der Waals surface area (Å²) in [6.07, 6.45) is 2.51. The van der Waals surface area contributed by atoms with Crippen molar-refractivity contribution in [2.75, 3.05) is 11.4 Å². The molecule has 1 saturated heterocycles. The maximum Gasteiger partial charge on any atom is 0.336 e. The van der Waals surface area contributed by atoms with Gasteiger partial charge in [0, 0.05) is 17.3 Å². The third-order valence-corrected chi connectivity index (χ3v) is 4.09. The number of imide groups is 1. The van der Waals surface area contributed by atoms with Crippen LogP contribution in [-0.2, 0) is 4.79 Å². The van der Waals surface area contributed by atoms with E-state index in [9.17, 15) is 14.9 Å². The SMILES string of the molecule is N#Cc1ccc(N2C(=O)C3=CCCN3C2=O)c2ccccc12. The van der Waals surface area contributed by atoms with Crippen molar-refractivity contribution in [2.45, 2.75) is 6.42 Å². The molecular weight excluding hydrogens is 278 g/mol. The van der Waals surface area contributed by atoms with Crippen LogP contribution in [0.25, 0.3) is 10.8 Å². The van der Waals surface area contributed by atoms with Gasteiger partial charge in [0.15, 0.2) is 0 Å². The zero-order valence-corrected chi connectivity index (χ0v) is 11.6. The Hall–Kier alpha value is -3.13. The lowest BCUT2D eigenvalue weighted by Crippen LogP contribution is -2.33. The second-order valence-corrected chi connectivity index (χ2v) is 5.24. The molecule has 2 heterocycles. The summed E-state index contributed by atoms with van der Waals surface area (Å²) in [5.74, 6) is -0.294. The van der Waals surface area contributed by atoms with E-state index in [1.165, 1.54) is 9.80 Å². The smallest absolute Gasteiger partial charge is 0.288 e. The van der Waals surface area contributed by atoms with E-state index in [1.54, 1.807) is 18.2 Å². The normalized spacial score (nSPS) is 17.0. The van der Waals surface area contributed by atoms with Crippen LogP contribution in [0.2, 0.25) is 0 Å². The zero-order chi connectivity index (χ0) is 15.3. The fourth-order valence-electron chi connectivity index (χ4n) is 3.07. The first-order chi connectivity index (χ1) is 10.7. The van der Waals surface area contributed by atoms with Gasteiger partial charge < -0.3 is 0 Å². The number of benzene rings is 2. The number of nitrogens with zero attached hydrogens (tertiary/aromatic N) is 3. The number of amides is 3. The molecular formula is C17H11N3O2. The zero-order valence-electron chi connectivity index (χ0n) is 11.6. The Balaban J connectivity index is 1.95. The van der Waals surface area contributed by atoms with Crippen molar-refractivity contribution in [1.82, 2.24) is 4.90 Å². The summed E-state index contributed by atoms with van der Waals surface area (Å²) in [5, 5.41) is 10.7. The number of urea groups is 1. The lowest BCUT2D eigenvalue weighted by atomic mass is 10.0. The average molecular weight is 289 g/mol. The first kappa shape index (κ1) is 12.6. The van der Waals surface area contributed by atoms with E-state index in [-0.39, 0.29) is 11.9 Å². The van der Waals surface area contributed by atoms with E-state index < -0.39 is 0 Å². The molecule has 1 fully saturated rings. The minimum absolute atomic E-state index is 0.294. The predicted molar refractivity (Wildman–Crippen MR) is 81.0 cm³/mol. The Bertz CT molecular complexity index is 908. The number of rotatable bonds is 1. The van der Waals surface area contributed by atoms with Crippen LogP contribution in [0.1, 0.15) is 12.0 Å². The van der Waals surface area contributed by atoms with E-state index >= 15 is 0 Å². The van der Waals surface area contributed by atoms with Crippen molar-refractivity contribution in [3.05, 3.63) is 53.7 Å². The maximum atomic E-state index is 12.5. The Morgan fingerprint density at radius 3 is 2.55 bits per heavy atom. The summed E-state index contributed by atoms with van der Waals surface area (Å²) in [4.78, 5) is 27.8. The molecule has 0 radical (unpaired) electrons. The van der Waals surface area contributed by atoms with Gasteiger partial charge in [0.1, 0.15) is 5.70 Å². The van der Waals surface area contributed by atoms with Crippen molar-refractivity contribution >= 4 is 28.4 Å². The van der Waals surface area contributed by atoms with Crippen molar-refractivity contribution in [1.29, 1.82) is 5.26 Å². The summed E-state index contributed by atoms with van der Waals surface area (Å²) in [7, 11) is 0. The molecule has 106 valence electrons. The van der Waals surface area contributed by atoms with Gasteiger partial charge in [-0.2, -0.15) is 5.26 Å². The molecule has 2 aliphatic heterocycles. The maximum absolute atomic E-state index is 12.5. The van der Waals surface area contributed by atoms with Gasteiger partial charge >= 0.3 is 6.03 Å². The lowest BCUT2D eigenvalue weighted by Gasteiger charge is -2.17. The molecule has 3 amide bonds. The minimum Gasteiger partial charge on any atom is -0.288 e. The number of hydrogen-bond acceptors (Lipinski definition) is 3. The Morgan fingerprint density at radius 1 is 1.05 bits per heavy atom. The molecule has 0 aliphatic carbocycles. The van der Waals surface area contributed by atoms with Crippen LogP contribution >= 0.6 is 0 Å². The molecule has 2 aromatic rings. The molecule has 5 nitrogen and oxygen atoms in total. The number of carbonyl (C=O) groups is 2. The van der Waals surface area contributed by atoms with Crippen LogP contribution in [0.15, 0.2) is 48.2 Å². The fraction of sp³-hybridized carbons (Fsp3) is 0.118. The predicted octanol–water partition coefficient (Wildman–Crippen LogP) is 2.77. The van der Waals surface area contributed by atoms with Crippen LogP contribution < -0.4 is 4.90 Å². The van der Waals surface area contributed by atoms with E-state index in [0.717, 1.165) is 17.2 Å². The molecule has 22 heavy (non-hydrogen) atoms. The van der Waals surface area contributed by atoms with Gasteiger partial charge in [0.25, 0.3) is 5.91 Å².